The third-order valence-electron chi connectivity index (χ3n) is 2.39. The molecule has 0 aliphatic rings. The zero-order valence-electron chi connectivity index (χ0n) is 9.00. The summed E-state index contributed by atoms with van der Waals surface area (Å²) in [4.78, 5) is -0.336. The first-order chi connectivity index (χ1) is 8.38. The molecule has 0 heterocycles. The lowest BCUT2D eigenvalue weighted by Gasteiger charge is -2.13. The number of aromatic hydroxyl groups is 1. The van der Waals surface area contributed by atoms with E-state index in [4.69, 9.17) is 11.6 Å². The molecule has 0 aromatic heterocycles. The second kappa shape index (κ2) is 4.61. The zero-order valence-corrected chi connectivity index (χ0v) is 10.6. The van der Waals surface area contributed by atoms with Gasteiger partial charge in [0, 0.05) is 10.6 Å². The first-order valence-corrected chi connectivity index (χ1v) is 6.71. The highest BCUT2D eigenvalue weighted by Gasteiger charge is 2.11. The molecule has 0 amide bonds. The molecule has 18 heavy (non-hydrogen) atoms. The number of hydrogen-bond acceptors (Lipinski definition) is 4. The molecule has 0 radical (unpaired) electrons. The predicted octanol–water partition coefficient (Wildman–Crippen LogP) is 2.62. The second-order valence-corrected chi connectivity index (χ2v) is 5.43. The molecule has 0 bridgehead atoms. The summed E-state index contributed by atoms with van der Waals surface area (Å²) in [6.45, 7) is 0. The molecule has 0 saturated heterocycles. The van der Waals surface area contributed by atoms with Crippen LogP contribution in [0.3, 0.4) is 0 Å². The van der Waals surface area contributed by atoms with Crippen molar-refractivity contribution in [2.24, 2.45) is 0 Å². The van der Waals surface area contributed by atoms with Gasteiger partial charge in [-0.15, -0.1) is 0 Å². The number of benzene rings is 2. The minimum Gasteiger partial charge on any atom is -0.744 e. The van der Waals surface area contributed by atoms with Gasteiger partial charge in [0.15, 0.2) is 0 Å². The normalized spacial score (nSPS) is 11.4. The third-order valence-corrected chi connectivity index (χ3v) is 3.52. The molecular formula is C12H8ClO4S-. The molecular weight excluding hydrogens is 276 g/mol. The van der Waals surface area contributed by atoms with Gasteiger partial charge in [-0.05, 0) is 35.9 Å². The largest absolute Gasteiger partial charge is 0.744 e. The summed E-state index contributed by atoms with van der Waals surface area (Å²) in [5, 5.41) is 9.51. The Morgan fingerprint density at radius 1 is 1.06 bits per heavy atom. The van der Waals surface area contributed by atoms with Crippen molar-refractivity contribution >= 4 is 21.7 Å². The van der Waals surface area contributed by atoms with Crippen molar-refractivity contribution in [3.8, 4) is 16.9 Å². The third kappa shape index (κ3) is 2.64. The SMILES string of the molecule is O=S(=O)([O-])c1ccc(Cl)cc1-c1ccc(O)cc1. The Bertz CT molecular complexity index is 678. The number of halogens is 1. The summed E-state index contributed by atoms with van der Waals surface area (Å²) < 4.78 is 33.5. The topological polar surface area (TPSA) is 77.4 Å². The van der Waals surface area contributed by atoms with Gasteiger partial charge in [-0.2, -0.15) is 0 Å². The van der Waals surface area contributed by atoms with Crippen molar-refractivity contribution in [3.63, 3.8) is 0 Å². The van der Waals surface area contributed by atoms with Crippen LogP contribution in [0.5, 0.6) is 5.75 Å². The molecule has 6 heteroatoms. The van der Waals surface area contributed by atoms with Gasteiger partial charge in [0.1, 0.15) is 15.9 Å². The summed E-state index contributed by atoms with van der Waals surface area (Å²) in [5.41, 5.74) is 0.710. The van der Waals surface area contributed by atoms with E-state index in [0.717, 1.165) is 0 Å². The molecule has 0 saturated carbocycles. The van der Waals surface area contributed by atoms with Crippen LogP contribution in [0.15, 0.2) is 47.4 Å². The van der Waals surface area contributed by atoms with E-state index in [9.17, 15) is 18.1 Å². The van der Waals surface area contributed by atoms with Crippen molar-refractivity contribution in [2.75, 3.05) is 0 Å². The van der Waals surface area contributed by atoms with Gasteiger partial charge < -0.3 is 9.66 Å². The van der Waals surface area contributed by atoms with Crippen molar-refractivity contribution in [3.05, 3.63) is 47.5 Å². The lowest BCUT2D eigenvalue weighted by molar-refractivity contribution is 0.463. The molecule has 2 rings (SSSR count). The zero-order chi connectivity index (χ0) is 13.3. The van der Waals surface area contributed by atoms with Gasteiger partial charge in [0.2, 0.25) is 0 Å². The quantitative estimate of drug-likeness (QED) is 0.860. The molecule has 0 unspecified atom stereocenters. The van der Waals surface area contributed by atoms with Crippen LogP contribution in [-0.2, 0) is 10.1 Å². The maximum absolute atomic E-state index is 11.2. The van der Waals surface area contributed by atoms with E-state index >= 15 is 0 Å². The first kappa shape index (κ1) is 12.9. The van der Waals surface area contributed by atoms with Crippen LogP contribution in [-0.4, -0.2) is 18.1 Å². The lowest BCUT2D eigenvalue weighted by Crippen LogP contribution is -2.01. The minimum atomic E-state index is -4.58. The maximum Gasteiger partial charge on any atom is 0.125 e. The highest BCUT2D eigenvalue weighted by molar-refractivity contribution is 7.85. The molecule has 94 valence electrons. The molecule has 0 atom stereocenters. The molecule has 2 aromatic carbocycles. The molecule has 2 aromatic rings. The van der Waals surface area contributed by atoms with Gasteiger partial charge in [-0.1, -0.05) is 23.7 Å². The maximum atomic E-state index is 11.2. The Balaban J connectivity index is 2.69. The Labute approximate surface area is 109 Å². The van der Waals surface area contributed by atoms with Crippen molar-refractivity contribution < 1.29 is 18.1 Å². The Morgan fingerprint density at radius 3 is 2.22 bits per heavy atom. The number of phenols is 1. The Kier molecular flexibility index (Phi) is 3.30. The molecule has 1 N–H and O–H groups in total. The fourth-order valence-corrected chi connectivity index (χ4v) is 2.44. The predicted molar refractivity (Wildman–Crippen MR) is 66.5 cm³/mol. The Morgan fingerprint density at radius 2 is 1.67 bits per heavy atom. The van der Waals surface area contributed by atoms with E-state index in [1.165, 1.54) is 42.5 Å². The number of hydrogen-bond donors (Lipinski definition) is 1. The van der Waals surface area contributed by atoms with Gasteiger partial charge in [-0.3, -0.25) is 0 Å². The summed E-state index contributed by atoms with van der Waals surface area (Å²) in [6, 6.07) is 9.74. The summed E-state index contributed by atoms with van der Waals surface area (Å²) in [7, 11) is -4.58. The highest BCUT2D eigenvalue weighted by atomic mass is 35.5. The van der Waals surface area contributed by atoms with Gasteiger partial charge in [0.05, 0.1) is 4.90 Å². The molecule has 0 fully saturated rings. The second-order valence-electron chi connectivity index (χ2n) is 3.64. The van der Waals surface area contributed by atoms with Gasteiger partial charge in [0.25, 0.3) is 0 Å². The van der Waals surface area contributed by atoms with Gasteiger partial charge in [-0.25, -0.2) is 8.42 Å². The smallest absolute Gasteiger partial charge is 0.125 e. The average molecular weight is 284 g/mol. The van der Waals surface area contributed by atoms with Crippen LogP contribution in [0.4, 0.5) is 0 Å². The monoisotopic (exact) mass is 283 g/mol. The first-order valence-electron chi connectivity index (χ1n) is 4.93. The van der Waals surface area contributed by atoms with Crippen LogP contribution in [0.2, 0.25) is 5.02 Å². The van der Waals surface area contributed by atoms with E-state index in [1.807, 2.05) is 0 Å². The van der Waals surface area contributed by atoms with Crippen LogP contribution in [0.25, 0.3) is 11.1 Å². The summed E-state index contributed by atoms with van der Waals surface area (Å²) in [5.74, 6) is 0.0484. The summed E-state index contributed by atoms with van der Waals surface area (Å²) in [6.07, 6.45) is 0. The van der Waals surface area contributed by atoms with Crippen LogP contribution in [0, 0.1) is 0 Å². The van der Waals surface area contributed by atoms with Gasteiger partial charge >= 0.3 is 0 Å². The average Bonchev–Trinajstić information content (AvgIpc) is 2.28. The van der Waals surface area contributed by atoms with Crippen LogP contribution >= 0.6 is 11.6 Å². The minimum absolute atomic E-state index is 0.0484. The van der Waals surface area contributed by atoms with Crippen LogP contribution < -0.4 is 0 Å². The van der Waals surface area contributed by atoms with E-state index < -0.39 is 10.1 Å². The highest BCUT2D eigenvalue weighted by Crippen LogP contribution is 2.30. The molecule has 0 spiro atoms. The van der Waals surface area contributed by atoms with Crippen molar-refractivity contribution in [1.29, 1.82) is 0 Å². The molecule has 0 aliphatic carbocycles. The molecule has 4 nitrogen and oxygen atoms in total. The number of phenolic OH excluding ortho intramolecular Hbond substituents is 1. The van der Waals surface area contributed by atoms with Crippen molar-refractivity contribution in [1.82, 2.24) is 0 Å². The van der Waals surface area contributed by atoms with E-state index in [-0.39, 0.29) is 16.2 Å². The lowest BCUT2D eigenvalue weighted by atomic mass is 10.1. The van der Waals surface area contributed by atoms with E-state index in [1.54, 1.807) is 0 Å². The Hall–Kier alpha value is -1.56. The van der Waals surface area contributed by atoms with E-state index in [2.05, 4.69) is 0 Å². The van der Waals surface area contributed by atoms with E-state index in [0.29, 0.717) is 10.6 Å². The standard InChI is InChI=1S/C12H9ClO4S/c13-9-3-6-12(18(15,16)17)11(7-9)8-1-4-10(14)5-2-8/h1-7,14H,(H,15,16,17)/p-1. The fourth-order valence-electron chi connectivity index (χ4n) is 1.59. The fraction of sp³-hybridized carbons (Fsp3) is 0. The van der Waals surface area contributed by atoms with Crippen LogP contribution in [0.1, 0.15) is 0 Å². The number of rotatable bonds is 2. The summed E-state index contributed by atoms with van der Waals surface area (Å²) >= 11 is 5.80. The molecule has 0 aliphatic heterocycles. The van der Waals surface area contributed by atoms with Crippen molar-refractivity contribution in [2.45, 2.75) is 4.90 Å².